The summed E-state index contributed by atoms with van der Waals surface area (Å²) in [6, 6.07) is 8.70. The maximum absolute atomic E-state index is 8.87. The summed E-state index contributed by atoms with van der Waals surface area (Å²) in [5.74, 6) is 0.373. The van der Waals surface area contributed by atoms with E-state index in [9.17, 15) is 0 Å². The van der Waals surface area contributed by atoms with Crippen LogP contribution in [0.5, 0.6) is 0 Å². The Morgan fingerprint density at radius 1 is 1.28 bits per heavy atom. The number of nitrogen functional groups attached to an aromatic ring is 1. The largest absolute Gasteiger partial charge is 0.395 e. The fourth-order valence-corrected chi connectivity index (χ4v) is 1.75. The summed E-state index contributed by atoms with van der Waals surface area (Å²) in [6.45, 7) is 0. The summed E-state index contributed by atoms with van der Waals surface area (Å²) in [6.07, 6.45) is 1.50. The van der Waals surface area contributed by atoms with Crippen molar-refractivity contribution >= 4 is 40.4 Å². The second-order valence-corrected chi connectivity index (χ2v) is 4.24. The van der Waals surface area contributed by atoms with E-state index in [-0.39, 0.29) is 5.69 Å². The Morgan fingerprint density at radius 2 is 2.06 bits per heavy atom. The van der Waals surface area contributed by atoms with Crippen molar-refractivity contribution in [3.05, 3.63) is 46.1 Å². The van der Waals surface area contributed by atoms with Crippen molar-refractivity contribution in [1.29, 1.82) is 5.26 Å². The first-order valence-corrected chi connectivity index (χ1v) is 5.74. The molecule has 18 heavy (non-hydrogen) atoms. The standard InChI is InChI=1S/C12H8Cl2N4/c13-8-2-1-3-9(10(8)14)18-12-11(16)7(6-15)4-5-17-12/h1-5H,16H2,(H,17,18). The van der Waals surface area contributed by atoms with Crippen LogP contribution < -0.4 is 11.1 Å². The van der Waals surface area contributed by atoms with Gasteiger partial charge in [0.15, 0.2) is 5.82 Å². The minimum absolute atomic E-state index is 0.274. The molecule has 0 fully saturated rings. The predicted octanol–water partition coefficient (Wildman–Crippen LogP) is 3.59. The first-order chi connectivity index (χ1) is 8.63. The van der Waals surface area contributed by atoms with E-state index in [2.05, 4.69) is 10.3 Å². The molecule has 0 unspecified atom stereocenters. The van der Waals surface area contributed by atoms with E-state index in [4.69, 9.17) is 34.2 Å². The molecule has 0 atom stereocenters. The molecule has 6 heteroatoms. The van der Waals surface area contributed by atoms with E-state index < -0.39 is 0 Å². The Hall–Kier alpha value is -1.96. The normalized spacial score (nSPS) is 9.83. The molecule has 1 aromatic heterocycles. The zero-order chi connectivity index (χ0) is 13.1. The third-order valence-electron chi connectivity index (χ3n) is 2.32. The van der Waals surface area contributed by atoms with Crippen LogP contribution in [0.3, 0.4) is 0 Å². The maximum atomic E-state index is 8.87. The van der Waals surface area contributed by atoms with Gasteiger partial charge in [-0.05, 0) is 18.2 Å². The highest BCUT2D eigenvalue weighted by atomic mass is 35.5. The van der Waals surface area contributed by atoms with Crippen molar-refractivity contribution in [2.45, 2.75) is 0 Å². The van der Waals surface area contributed by atoms with Crippen LogP contribution in [0.4, 0.5) is 17.2 Å². The van der Waals surface area contributed by atoms with E-state index in [1.165, 1.54) is 6.20 Å². The number of nitrogens with zero attached hydrogens (tertiary/aromatic N) is 2. The van der Waals surface area contributed by atoms with Gasteiger partial charge in [-0.3, -0.25) is 0 Å². The monoisotopic (exact) mass is 278 g/mol. The Labute approximate surface area is 114 Å². The lowest BCUT2D eigenvalue weighted by Crippen LogP contribution is -2.01. The number of anilines is 3. The van der Waals surface area contributed by atoms with E-state index in [1.807, 2.05) is 6.07 Å². The van der Waals surface area contributed by atoms with Crippen molar-refractivity contribution in [3.63, 3.8) is 0 Å². The lowest BCUT2D eigenvalue weighted by atomic mass is 10.2. The average molecular weight is 279 g/mol. The summed E-state index contributed by atoms with van der Waals surface area (Å²) in [7, 11) is 0. The van der Waals surface area contributed by atoms with Gasteiger partial charge in [-0.2, -0.15) is 5.26 Å². The molecule has 90 valence electrons. The van der Waals surface area contributed by atoms with Gasteiger partial charge in [-0.25, -0.2) is 4.98 Å². The molecule has 0 radical (unpaired) electrons. The van der Waals surface area contributed by atoms with Crippen molar-refractivity contribution in [2.24, 2.45) is 0 Å². The molecular weight excluding hydrogens is 271 g/mol. The molecule has 2 rings (SSSR count). The molecule has 4 nitrogen and oxygen atoms in total. The third kappa shape index (κ3) is 2.33. The van der Waals surface area contributed by atoms with Crippen LogP contribution in [0.1, 0.15) is 5.56 Å². The molecule has 0 amide bonds. The number of hydrogen-bond acceptors (Lipinski definition) is 4. The number of rotatable bonds is 2. The second-order valence-electron chi connectivity index (χ2n) is 3.46. The molecule has 0 saturated heterocycles. The topological polar surface area (TPSA) is 74.7 Å². The minimum Gasteiger partial charge on any atom is -0.395 e. The Kier molecular flexibility index (Phi) is 3.56. The van der Waals surface area contributed by atoms with Crippen LogP contribution in [-0.2, 0) is 0 Å². The summed E-state index contributed by atoms with van der Waals surface area (Å²) in [4.78, 5) is 4.06. The van der Waals surface area contributed by atoms with E-state index in [0.29, 0.717) is 27.1 Å². The zero-order valence-electron chi connectivity index (χ0n) is 9.11. The predicted molar refractivity (Wildman–Crippen MR) is 73.1 cm³/mol. The van der Waals surface area contributed by atoms with Gasteiger partial charge in [0, 0.05) is 6.20 Å². The van der Waals surface area contributed by atoms with Gasteiger partial charge in [0.25, 0.3) is 0 Å². The van der Waals surface area contributed by atoms with Gasteiger partial charge in [0.1, 0.15) is 6.07 Å². The first-order valence-electron chi connectivity index (χ1n) is 4.99. The van der Waals surface area contributed by atoms with Crippen LogP contribution in [0.25, 0.3) is 0 Å². The molecule has 0 aliphatic carbocycles. The van der Waals surface area contributed by atoms with E-state index >= 15 is 0 Å². The smallest absolute Gasteiger partial charge is 0.154 e. The Morgan fingerprint density at radius 3 is 2.78 bits per heavy atom. The summed E-state index contributed by atoms with van der Waals surface area (Å²) in [5, 5.41) is 12.6. The maximum Gasteiger partial charge on any atom is 0.154 e. The minimum atomic E-state index is 0.274. The third-order valence-corrected chi connectivity index (χ3v) is 3.13. The number of aromatic nitrogens is 1. The Balaban J connectivity index is 2.41. The molecule has 2 aromatic rings. The molecule has 0 saturated carbocycles. The van der Waals surface area contributed by atoms with Crippen LogP contribution in [0.2, 0.25) is 10.0 Å². The molecule has 0 spiro atoms. The summed E-state index contributed by atoms with van der Waals surface area (Å²) in [5.41, 5.74) is 7.01. The SMILES string of the molecule is N#Cc1ccnc(Nc2cccc(Cl)c2Cl)c1N. The molecule has 0 bridgehead atoms. The average Bonchev–Trinajstić information content (AvgIpc) is 2.37. The number of nitriles is 1. The zero-order valence-corrected chi connectivity index (χ0v) is 10.6. The van der Waals surface area contributed by atoms with Gasteiger partial charge in [-0.15, -0.1) is 0 Å². The fourth-order valence-electron chi connectivity index (χ4n) is 1.40. The molecule has 1 heterocycles. The summed E-state index contributed by atoms with van der Waals surface area (Å²) >= 11 is 11.9. The number of benzene rings is 1. The van der Waals surface area contributed by atoms with Crippen LogP contribution >= 0.6 is 23.2 Å². The highest BCUT2D eigenvalue weighted by molar-refractivity contribution is 6.43. The van der Waals surface area contributed by atoms with Crippen LogP contribution in [0, 0.1) is 11.3 Å². The number of pyridine rings is 1. The van der Waals surface area contributed by atoms with Crippen LogP contribution in [-0.4, -0.2) is 4.98 Å². The van der Waals surface area contributed by atoms with E-state index in [1.54, 1.807) is 24.3 Å². The van der Waals surface area contributed by atoms with Gasteiger partial charge in [-0.1, -0.05) is 29.3 Å². The van der Waals surface area contributed by atoms with E-state index in [0.717, 1.165) is 0 Å². The van der Waals surface area contributed by atoms with Gasteiger partial charge in [0.05, 0.1) is 27.0 Å². The quantitative estimate of drug-likeness (QED) is 0.880. The van der Waals surface area contributed by atoms with Crippen molar-refractivity contribution in [2.75, 3.05) is 11.1 Å². The second kappa shape index (κ2) is 5.13. The lowest BCUT2D eigenvalue weighted by molar-refractivity contribution is 1.30. The van der Waals surface area contributed by atoms with Crippen molar-refractivity contribution in [3.8, 4) is 6.07 Å². The van der Waals surface area contributed by atoms with Gasteiger partial charge >= 0.3 is 0 Å². The van der Waals surface area contributed by atoms with Gasteiger partial charge in [0.2, 0.25) is 0 Å². The van der Waals surface area contributed by atoms with Crippen molar-refractivity contribution in [1.82, 2.24) is 4.98 Å². The summed E-state index contributed by atoms with van der Waals surface area (Å²) < 4.78 is 0. The van der Waals surface area contributed by atoms with Gasteiger partial charge < -0.3 is 11.1 Å². The number of nitrogens with one attached hydrogen (secondary N) is 1. The molecule has 3 N–H and O–H groups in total. The fraction of sp³-hybridized carbons (Fsp3) is 0. The molecule has 0 aliphatic rings. The highest BCUT2D eigenvalue weighted by Gasteiger charge is 2.09. The molecular formula is C12H8Cl2N4. The highest BCUT2D eigenvalue weighted by Crippen LogP contribution is 2.32. The number of hydrogen-bond donors (Lipinski definition) is 2. The number of halogens is 2. The van der Waals surface area contributed by atoms with Crippen molar-refractivity contribution < 1.29 is 0 Å². The lowest BCUT2D eigenvalue weighted by Gasteiger charge is -2.10. The number of nitrogens with two attached hydrogens (primary N) is 1. The Bertz CT molecular complexity index is 634. The first kappa shape index (κ1) is 12.5. The molecule has 0 aliphatic heterocycles. The molecule has 1 aromatic carbocycles. The van der Waals surface area contributed by atoms with Crippen LogP contribution in [0.15, 0.2) is 30.5 Å².